The summed E-state index contributed by atoms with van der Waals surface area (Å²) in [6.45, 7) is 5.49. The number of hydrogen-bond donors (Lipinski definition) is 1. The van der Waals surface area contributed by atoms with Gasteiger partial charge in [0.2, 0.25) is 0 Å². The molecule has 0 saturated heterocycles. The smallest absolute Gasteiger partial charge is 0.412 e. The summed E-state index contributed by atoms with van der Waals surface area (Å²) in [5.74, 6) is 0. The zero-order chi connectivity index (χ0) is 16.8. The predicted molar refractivity (Wildman–Crippen MR) is 85.4 cm³/mol. The third-order valence-electron chi connectivity index (χ3n) is 2.54. The van der Waals surface area contributed by atoms with Crippen molar-refractivity contribution in [1.82, 2.24) is 0 Å². The quantitative estimate of drug-likeness (QED) is 0.641. The Balaban J connectivity index is 2.60. The third kappa shape index (κ3) is 7.99. The fourth-order valence-electron chi connectivity index (χ4n) is 1.75. The van der Waals surface area contributed by atoms with Crippen LogP contribution >= 0.6 is 0 Å². The first-order valence-corrected chi connectivity index (χ1v) is 8.81. The predicted octanol–water partition coefficient (Wildman–Crippen LogP) is 2.94. The Morgan fingerprint density at radius 3 is 2.45 bits per heavy atom. The number of aryl methyl sites for hydroxylation is 1. The van der Waals surface area contributed by atoms with Gasteiger partial charge in [0.25, 0.3) is 10.1 Å². The van der Waals surface area contributed by atoms with E-state index < -0.39 is 21.8 Å². The fraction of sp³-hybridized carbons (Fsp3) is 0.533. The van der Waals surface area contributed by atoms with E-state index >= 15 is 0 Å². The molecule has 22 heavy (non-hydrogen) atoms. The molecule has 0 heterocycles. The standard InChI is InChI=1S/C15H23NO5S/c1-15(2,3)21-14(17)16-13-10-6-5-8-12(13)9-7-11-20-22(4,18)19/h5-6,8,10H,7,9,11H2,1-4H3,(H,16,17). The van der Waals surface area contributed by atoms with Crippen molar-refractivity contribution in [3.05, 3.63) is 29.8 Å². The maximum absolute atomic E-state index is 11.8. The Labute approximate surface area is 131 Å². The van der Waals surface area contributed by atoms with Gasteiger partial charge < -0.3 is 4.74 Å². The van der Waals surface area contributed by atoms with Gasteiger partial charge in [0.15, 0.2) is 0 Å². The number of amides is 1. The molecule has 0 bridgehead atoms. The zero-order valence-electron chi connectivity index (χ0n) is 13.4. The number of para-hydroxylation sites is 1. The third-order valence-corrected chi connectivity index (χ3v) is 3.14. The Hall–Kier alpha value is -1.60. The molecule has 1 aromatic rings. The van der Waals surface area contributed by atoms with Crippen LogP contribution < -0.4 is 5.32 Å². The summed E-state index contributed by atoms with van der Waals surface area (Å²) in [4.78, 5) is 11.8. The lowest BCUT2D eigenvalue weighted by Crippen LogP contribution is -2.27. The molecule has 1 N–H and O–H groups in total. The number of carbonyl (C=O) groups is 1. The molecule has 0 aliphatic rings. The Bertz CT molecular complexity index is 605. The van der Waals surface area contributed by atoms with E-state index in [0.717, 1.165) is 11.8 Å². The minimum atomic E-state index is -3.42. The molecule has 1 amide bonds. The first-order chi connectivity index (χ1) is 10.1. The van der Waals surface area contributed by atoms with Gasteiger partial charge in [0.1, 0.15) is 5.60 Å². The van der Waals surface area contributed by atoms with Crippen LogP contribution in [0, 0.1) is 0 Å². The van der Waals surface area contributed by atoms with Gasteiger partial charge in [0.05, 0.1) is 12.9 Å². The second kappa shape index (κ2) is 7.60. The molecule has 0 saturated carbocycles. The van der Waals surface area contributed by atoms with E-state index in [-0.39, 0.29) is 6.61 Å². The van der Waals surface area contributed by atoms with Crippen LogP contribution in [0.4, 0.5) is 10.5 Å². The first kappa shape index (κ1) is 18.4. The summed E-state index contributed by atoms with van der Waals surface area (Å²) in [7, 11) is -3.42. The largest absolute Gasteiger partial charge is 0.444 e. The summed E-state index contributed by atoms with van der Waals surface area (Å²) < 4.78 is 31.7. The maximum atomic E-state index is 11.8. The second-order valence-corrected chi connectivity index (χ2v) is 7.56. The van der Waals surface area contributed by atoms with Gasteiger partial charge in [-0.25, -0.2) is 4.79 Å². The molecule has 0 unspecified atom stereocenters. The van der Waals surface area contributed by atoms with Gasteiger partial charge in [-0.2, -0.15) is 8.42 Å². The second-order valence-electron chi connectivity index (χ2n) is 5.91. The number of benzene rings is 1. The van der Waals surface area contributed by atoms with E-state index in [9.17, 15) is 13.2 Å². The highest BCUT2D eigenvalue weighted by Crippen LogP contribution is 2.18. The van der Waals surface area contributed by atoms with E-state index in [4.69, 9.17) is 8.92 Å². The van der Waals surface area contributed by atoms with Gasteiger partial charge in [-0.05, 0) is 45.2 Å². The summed E-state index contributed by atoms with van der Waals surface area (Å²) in [5, 5.41) is 2.70. The lowest BCUT2D eigenvalue weighted by Gasteiger charge is -2.20. The molecule has 0 aliphatic heterocycles. The number of carbonyl (C=O) groups excluding carboxylic acids is 1. The topological polar surface area (TPSA) is 81.7 Å². The summed E-state index contributed by atoms with van der Waals surface area (Å²) in [5.41, 5.74) is 0.976. The monoisotopic (exact) mass is 329 g/mol. The first-order valence-electron chi connectivity index (χ1n) is 6.99. The van der Waals surface area contributed by atoms with E-state index in [0.29, 0.717) is 18.5 Å². The lowest BCUT2D eigenvalue weighted by molar-refractivity contribution is 0.0635. The van der Waals surface area contributed by atoms with Crippen molar-refractivity contribution in [3.8, 4) is 0 Å². The van der Waals surface area contributed by atoms with Crippen LogP contribution in [-0.4, -0.2) is 33.0 Å². The molecule has 0 radical (unpaired) electrons. The molecule has 0 fully saturated rings. The van der Waals surface area contributed by atoms with Crippen LogP contribution in [0.3, 0.4) is 0 Å². The van der Waals surface area contributed by atoms with Crippen LogP contribution in [0.5, 0.6) is 0 Å². The molecule has 0 aromatic heterocycles. The van der Waals surface area contributed by atoms with Gasteiger partial charge >= 0.3 is 6.09 Å². The molecule has 1 aromatic carbocycles. The van der Waals surface area contributed by atoms with Gasteiger partial charge in [-0.1, -0.05) is 18.2 Å². The molecule has 6 nitrogen and oxygen atoms in total. The van der Waals surface area contributed by atoms with Crippen LogP contribution in [0.2, 0.25) is 0 Å². The fourth-order valence-corrected chi connectivity index (χ4v) is 2.17. The molecule has 124 valence electrons. The number of ether oxygens (including phenoxy) is 1. The zero-order valence-corrected chi connectivity index (χ0v) is 14.2. The number of hydrogen-bond acceptors (Lipinski definition) is 5. The average Bonchev–Trinajstić information content (AvgIpc) is 2.33. The molecular weight excluding hydrogens is 306 g/mol. The highest BCUT2D eigenvalue weighted by atomic mass is 32.2. The van der Waals surface area contributed by atoms with Gasteiger partial charge in [-0.3, -0.25) is 9.50 Å². The number of rotatable bonds is 6. The Morgan fingerprint density at radius 1 is 1.23 bits per heavy atom. The number of anilines is 1. The van der Waals surface area contributed by atoms with E-state index in [1.807, 2.05) is 18.2 Å². The average molecular weight is 329 g/mol. The lowest BCUT2D eigenvalue weighted by atomic mass is 10.1. The van der Waals surface area contributed by atoms with Crippen LogP contribution in [0.15, 0.2) is 24.3 Å². The van der Waals surface area contributed by atoms with Crippen LogP contribution in [-0.2, 0) is 25.5 Å². The molecule has 0 atom stereocenters. The molecule has 0 aliphatic carbocycles. The van der Waals surface area contributed by atoms with Crippen molar-refractivity contribution >= 4 is 21.9 Å². The molecule has 7 heteroatoms. The van der Waals surface area contributed by atoms with Crippen molar-refractivity contribution in [2.24, 2.45) is 0 Å². The highest BCUT2D eigenvalue weighted by molar-refractivity contribution is 7.85. The minimum absolute atomic E-state index is 0.111. The van der Waals surface area contributed by atoms with Gasteiger partial charge in [0, 0.05) is 5.69 Å². The van der Waals surface area contributed by atoms with Crippen LogP contribution in [0.25, 0.3) is 0 Å². The summed E-state index contributed by atoms with van der Waals surface area (Å²) >= 11 is 0. The maximum Gasteiger partial charge on any atom is 0.412 e. The Kier molecular flexibility index (Phi) is 6.37. The van der Waals surface area contributed by atoms with E-state index in [2.05, 4.69) is 5.32 Å². The summed E-state index contributed by atoms with van der Waals surface area (Å²) in [6.07, 6.45) is 1.61. The van der Waals surface area contributed by atoms with Crippen molar-refractivity contribution in [2.45, 2.75) is 39.2 Å². The summed E-state index contributed by atoms with van der Waals surface area (Å²) in [6, 6.07) is 7.31. The van der Waals surface area contributed by atoms with Gasteiger partial charge in [-0.15, -0.1) is 0 Å². The van der Waals surface area contributed by atoms with Crippen LogP contribution in [0.1, 0.15) is 32.8 Å². The Morgan fingerprint density at radius 2 is 1.86 bits per heavy atom. The van der Waals surface area contributed by atoms with E-state index in [1.54, 1.807) is 26.8 Å². The van der Waals surface area contributed by atoms with Crippen molar-refractivity contribution < 1.29 is 22.1 Å². The molecular formula is C15H23NO5S. The van der Waals surface area contributed by atoms with Crippen molar-refractivity contribution in [3.63, 3.8) is 0 Å². The highest BCUT2D eigenvalue weighted by Gasteiger charge is 2.17. The van der Waals surface area contributed by atoms with E-state index in [1.165, 1.54) is 0 Å². The minimum Gasteiger partial charge on any atom is -0.444 e. The van der Waals surface area contributed by atoms with Crippen molar-refractivity contribution in [2.75, 3.05) is 18.2 Å². The number of nitrogens with one attached hydrogen (secondary N) is 1. The normalized spacial score (nSPS) is 12.0. The molecule has 1 rings (SSSR count). The van der Waals surface area contributed by atoms with Crippen molar-refractivity contribution in [1.29, 1.82) is 0 Å². The molecule has 0 spiro atoms. The SMILES string of the molecule is CC(C)(C)OC(=O)Nc1ccccc1CCCOS(C)(=O)=O.